The number of imidazole rings is 1. The van der Waals surface area contributed by atoms with Gasteiger partial charge in [0.25, 0.3) is 5.91 Å². The van der Waals surface area contributed by atoms with Crippen molar-refractivity contribution in [1.29, 1.82) is 0 Å². The lowest BCUT2D eigenvalue weighted by Crippen LogP contribution is -2.38. The number of ether oxygens (including phenoxy) is 3. The summed E-state index contributed by atoms with van der Waals surface area (Å²) in [4.78, 5) is 17.1. The summed E-state index contributed by atoms with van der Waals surface area (Å²) < 4.78 is 53.8. The Morgan fingerprint density at radius 1 is 1.00 bits per heavy atom. The standard InChI is InChI=1S/C27H24F3N3O4/c28-27(29,30)37-23-6-1-18(2-7-23)16-36-22-8-4-21(5-9-22)33-17-31-24-15-19(3-10-25(24)33)26(34)32-20-11-13-35-14-12-20/h1-10,15,17,20H,11-14,16H2,(H,32,34). The fourth-order valence-electron chi connectivity index (χ4n) is 4.13. The van der Waals surface area contributed by atoms with Gasteiger partial charge in [-0.1, -0.05) is 12.1 Å². The van der Waals surface area contributed by atoms with Gasteiger partial charge in [-0.3, -0.25) is 9.36 Å². The van der Waals surface area contributed by atoms with Crippen molar-refractivity contribution in [2.24, 2.45) is 0 Å². The first-order valence-electron chi connectivity index (χ1n) is 11.8. The second-order valence-corrected chi connectivity index (χ2v) is 8.65. The second-order valence-electron chi connectivity index (χ2n) is 8.65. The van der Waals surface area contributed by atoms with E-state index in [0.717, 1.165) is 24.0 Å². The van der Waals surface area contributed by atoms with Gasteiger partial charge in [-0.25, -0.2) is 4.98 Å². The quantitative estimate of drug-likeness (QED) is 0.359. The molecule has 2 heterocycles. The number of rotatable bonds is 7. The number of fused-ring (bicyclic) bond motifs is 1. The molecule has 192 valence electrons. The molecule has 10 heteroatoms. The number of carbonyl (C=O) groups excluding carboxylic acids is 1. The van der Waals surface area contributed by atoms with Crippen LogP contribution in [0, 0.1) is 0 Å². The average Bonchev–Trinajstić information content (AvgIpc) is 3.32. The molecule has 0 bridgehead atoms. The van der Waals surface area contributed by atoms with Crippen LogP contribution in [0.2, 0.25) is 0 Å². The van der Waals surface area contributed by atoms with Crippen LogP contribution in [-0.2, 0) is 11.3 Å². The van der Waals surface area contributed by atoms with Crippen molar-refractivity contribution in [3.63, 3.8) is 0 Å². The molecule has 0 unspecified atom stereocenters. The maximum Gasteiger partial charge on any atom is 0.573 e. The number of benzene rings is 3. The Kier molecular flexibility index (Phi) is 7.00. The Morgan fingerprint density at radius 3 is 2.41 bits per heavy atom. The molecule has 1 fully saturated rings. The molecular weight excluding hydrogens is 487 g/mol. The number of aromatic nitrogens is 2. The molecule has 1 saturated heterocycles. The predicted molar refractivity (Wildman–Crippen MR) is 130 cm³/mol. The van der Waals surface area contributed by atoms with Crippen LogP contribution in [0.15, 0.2) is 73.1 Å². The number of hydrogen-bond donors (Lipinski definition) is 1. The van der Waals surface area contributed by atoms with Crippen LogP contribution in [0.4, 0.5) is 13.2 Å². The minimum Gasteiger partial charge on any atom is -0.489 e. The normalized spacial score (nSPS) is 14.5. The topological polar surface area (TPSA) is 74.6 Å². The van der Waals surface area contributed by atoms with Crippen LogP contribution in [-0.4, -0.2) is 41.1 Å². The van der Waals surface area contributed by atoms with Crippen LogP contribution in [0.5, 0.6) is 11.5 Å². The van der Waals surface area contributed by atoms with E-state index in [1.165, 1.54) is 24.3 Å². The van der Waals surface area contributed by atoms with E-state index in [9.17, 15) is 18.0 Å². The maximum absolute atomic E-state index is 12.7. The number of halogens is 3. The number of hydrogen-bond acceptors (Lipinski definition) is 5. The molecule has 0 saturated carbocycles. The summed E-state index contributed by atoms with van der Waals surface area (Å²) in [5.74, 6) is 0.212. The van der Waals surface area contributed by atoms with Gasteiger partial charge < -0.3 is 19.5 Å². The highest BCUT2D eigenvalue weighted by Gasteiger charge is 2.31. The number of nitrogens with zero attached hydrogens (tertiary/aromatic N) is 2. The highest BCUT2D eigenvalue weighted by atomic mass is 19.4. The molecule has 1 N–H and O–H groups in total. The van der Waals surface area contributed by atoms with Crippen molar-refractivity contribution in [2.45, 2.75) is 31.9 Å². The van der Waals surface area contributed by atoms with Gasteiger partial charge in [0.15, 0.2) is 0 Å². The van der Waals surface area contributed by atoms with E-state index >= 15 is 0 Å². The van der Waals surface area contributed by atoms with Gasteiger partial charge in [0.2, 0.25) is 0 Å². The van der Waals surface area contributed by atoms with E-state index in [0.29, 0.717) is 35.6 Å². The van der Waals surface area contributed by atoms with E-state index in [2.05, 4.69) is 15.0 Å². The Labute approximate surface area is 210 Å². The van der Waals surface area contributed by atoms with Gasteiger partial charge in [0.05, 0.1) is 11.0 Å². The maximum atomic E-state index is 12.7. The molecule has 37 heavy (non-hydrogen) atoms. The summed E-state index contributed by atoms with van der Waals surface area (Å²) >= 11 is 0. The van der Waals surface area contributed by atoms with E-state index in [1.54, 1.807) is 30.6 Å². The van der Waals surface area contributed by atoms with Gasteiger partial charge in [0.1, 0.15) is 24.4 Å². The Balaban J connectivity index is 1.21. The molecule has 3 aromatic carbocycles. The van der Waals surface area contributed by atoms with E-state index < -0.39 is 6.36 Å². The largest absolute Gasteiger partial charge is 0.573 e. The van der Waals surface area contributed by atoms with Crippen LogP contribution >= 0.6 is 0 Å². The SMILES string of the molecule is O=C(NC1CCOCC1)c1ccc2c(c1)ncn2-c1ccc(OCc2ccc(OC(F)(F)F)cc2)cc1. The molecule has 0 atom stereocenters. The summed E-state index contributed by atoms with van der Waals surface area (Å²) in [5.41, 5.74) is 3.69. The Morgan fingerprint density at radius 2 is 1.70 bits per heavy atom. The summed E-state index contributed by atoms with van der Waals surface area (Å²) in [6, 6.07) is 18.5. The fraction of sp³-hybridized carbons (Fsp3) is 0.259. The predicted octanol–water partition coefficient (Wildman–Crippen LogP) is 5.41. The van der Waals surface area contributed by atoms with Gasteiger partial charge in [-0.15, -0.1) is 13.2 Å². The smallest absolute Gasteiger partial charge is 0.489 e. The summed E-state index contributed by atoms with van der Waals surface area (Å²) in [7, 11) is 0. The van der Waals surface area contributed by atoms with E-state index in [1.807, 2.05) is 22.8 Å². The first-order chi connectivity index (χ1) is 17.8. The van der Waals surface area contributed by atoms with Crippen LogP contribution in [0.1, 0.15) is 28.8 Å². The third-order valence-electron chi connectivity index (χ3n) is 6.04. The lowest BCUT2D eigenvalue weighted by atomic mass is 10.1. The molecule has 1 aliphatic heterocycles. The number of nitrogens with one attached hydrogen (secondary N) is 1. The minimum atomic E-state index is -4.72. The molecule has 1 aromatic heterocycles. The highest BCUT2D eigenvalue weighted by Crippen LogP contribution is 2.25. The van der Waals surface area contributed by atoms with Gasteiger partial charge in [0, 0.05) is 30.5 Å². The Hall–Kier alpha value is -4.05. The van der Waals surface area contributed by atoms with E-state index in [4.69, 9.17) is 9.47 Å². The fourth-order valence-corrected chi connectivity index (χ4v) is 4.13. The molecule has 7 nitrogen and oxygen atoms in total. The minimum absolute atomic E-state index is 0.118. The lowest BCUT2D eigenvalue weighted by Gasteiger charge is -2.23. The molecule has 1 amide bonds. The summed E-state index contributed by atoms with van der Waals surface area (Å²) in [6.45, 7) is 1.51. The zero-order valence-corrected chi connectivity index (χ0v) is 19.7. The molecule has 0 aliphatic carbocycles. The summed E-state index contributed by atoms with van der Waals surface area (Å²) in [5, 5.41) is 3.06. The van der Waals surface area contributed by atoms with Crippen molar-refractivity contribution in [3.8, 4) is 17.2 Å². The van der Waals surface area contributed by atoms with Crippen LogP contribution in [0.25, 0.3) is 16.7 Å². The molecule has 0 spiro atoms. The van der Waals surface area contributed by atoms with Crippen molar-refractivity contribution >= 4 is 16.9 Å². The van der Waals surface area contributed by atoms with Gasteiger partial charge in [-0.05, 0) is 73.0 Å². The third-order valence-corrected chi connectivity index (χ3v) is 6.04. The monoisotopic (exact) mass is 511 g/mol. The molecule has 5 rings (SSSR count). The molecule has 0 radical (unpaired) electrons. The number of carbonyl (C=O) groups is 1. The molecular formula is C27H24F3N3O4. The van der Waals surface area contributed by atoms with Crippen molar-refractivity contribution in [2.75, 3.05) is 13.2 Å². The zero-order chi connectivity index (χ0) is 25.8. The van der Waals surface area contributed by atoms with Crippen molar-refractivity contribution < 1.29 is 32.2 Å². The average molecular weight is 512 g/mol. The Bertz CT molecular complexity index is 1360. The van der Waals surface area contributed by atoms with Crippen molar-refractivity contribution in [1.82, 2.24) is 14.9 Å². The molecule has 1 aliphatic rings. The zero-order valence-electron chi connectivity index (χ0n) is 19.7. The second kappa shape index (κ2) is 10.5. The summed E-state index contributed by atoms with van der Waals surface area (Å²) in [6.07, 6.45) is -1.40. The van der Waals surface area contributed by atoms with E-state index in [-0.39, 0.29) is 24.3 Å². The van der Waals surface area contributed by atoms with Crippen LogP contribution in [0.3, 0.4) is 0 Å². The van der Waals surface area contributed by atoms with Crippen molar-refractivity contribution in [3.05, 3.63) is 84.2 Å². The number of amides is 1. The number of alkyl halides is 3. The third kappa shape index (κ3) is 6.21. The first kappa shape index (κ1) is 24.6. The van der Waals surface area contributed by atoms with Gasteiger partial charge >= 0.3 is 6.36 Å². The lowest BCUT2D eigenvalue weighted by molar-refractivity contribution is -0.274. The van der Waals surface area contributed by atoms with Gasteiger partial charge in [-0.2, -0.15) is 0 Å². The molecule has 4 aromatic rings. The highest BCUT2D eigenvalue weighted by molar-refractivity contribution is 5.97. The first-order valence-corrected chi connectivity index (χ1v) is 11.8. The van der Waals surface area contributed by atoms with Crippen LogP contribution < -0.4 is 14.8 Å².